The van der Waals surface area contributed by atoms with E-state index in [2.05, 4.69) is 10.2 Å². The number of nitrogens with one attached hydrogen (secondary N) is 1. The summed E-state index contributed by atoms with van der Waals surface area (Å²) in [5.74, 6) is 0.253. The Morgan fingerprint density at radius 1 is 1.14 bits per heavy atom. The molecule has 3 fully saturated rings. The van der Waals surface area contributed by atoms with Crippen molar-refractivity contribution in [1.82, 2.24) is 10.2 Å². The summed E-state index contributed by atoms with van der Waals surface area (Å²) >= 11 is 0. The predicted molar refractivity (Wildman–Crippen MR) is 85.8 cm³/mol. The Morgan fingerprint density at radius 2 is 1.81 bits per heavy atom. The normalized spacial score (nSPS) is 32.5. The van der Waals surface area contributed by atoms with Crippen LogP contribution in [0.1, 0.15) is 51.9 Å². The quantitative estimate of drug-likeness (QED) is 0.807. The lowest BCUT2D eigenvalue weighted by atomic mass is 9.68. The number of carbonyl (C=O) groups is 1. The Hall–Kier alpha value is -0.320. The molecule has 1 spiro atoms. The number of amides is 1. The molecule has 5 heteroatoms. The number of hydrogen-bond acceptors (Lipinski definition) is 3. The molecule has 0 unspecified atom stereocenters. The Balaban J connectivity index is 0.00000161. The van der Waals surface area contributed by atoms with Gasteiger partial charge in [0.1, 0.15) is 6.04 Å². The van der Waals surface area contributed by atoms with Crippen LogP contribution in [0.2, 0.25) is 0 Å². The average Bonchev–Trinajstić information content (AvgIpc) is 2.49. The summed E-state index contributed by atoms with van der Waals surface area (Å²) in [7, 11) is 0. The van der Waals surface area contributed by atoms with Gasteiger partial charge in [-0.25, -0.2) is 0 Å². The minimum Gasteiger partial charge on any atom is -0.375 e. The Kier molecular flexibility index (Phi) is 5.92. The highest BCUT2D eigenvalue weighted by atomic mass is 35.5. The summed E-state index contributed by atoms with van der Waals surface area (Å²) in [5.41, 5.74) is 0.567. The van der Waals surface area contributed by atoms with E-state index in [1.54, 1.807) is 0 Å². The largest absolute Gasteiger partial charge is 0.375 e. The summed E-state index contributed by atoms with van der Waals surface area (Å²) in [5, 5.41) is 3.32. The standard InChI is InChI=1S/C16H28N2O2.ClH/c1-13-14(17-9-12-20-13)15(19)18-10-7-16(8-11-18)5-3-2-4-6-16;/h13-14,17H,2-12H2,1H3;1H/t13-,14+;/m1./s1. The number of piperidine rings is 1. The number of likely N-dealkylation sites (tertiary alicyclic amines) is 1. The number of rotatable bonds is 1. The highest BCUT2D eigenvalue weighted by Gasteiger charge is 2.39. The van der Waals surface area contributed by atoms with Crippen molar-refractivity contribution in [1.29, 1.82) is 0 Å². The molecule has 0 aromatic rings. The number of nitrogens with zero attached hydrogens (tertiary/aromatic N) is 1. The third-order valence-electron chi connectivity index (χ3n) is 5.63. The topological polar surface area (TPSA) is 41.6 Å². The highest BCUT2D eigenvalue weighted by Crippen LogP contribution is 2.44. The Labute approximate surface area is 134 Å². The van der Waals surface area contributed by atoms with Gasteiger partial charge in [-0.2, -0.15) is 0 Å². The molecule has 1 amide bonds. The lowest BCUT2D eigenvalue weighted by molar-refractivity contribution is -0.142. The van der Waals surface area contributed by atoms with Gasteiger partial charge in [-0.15, -0.1) is 12.4 Å². The van der Waals surface area contributed by atoms with E-state index in [4.69, 9.17) is 4.74 Å². The summed E-state index contributed by atoms with van der Waals surface area (Å²) in [6.07, 6.45) is 9.38. The van der Waals surface area contributed by atoms with Crippen LogP contribution in [0.15, 0.2) is 0 Å². The van der Waals surface area contributed by atoms with Crippen LogP contribution in [-0.4, -0.2) is 49.2 Å². The molecule has 0 aromatic carbocycles. The fourth-order valence-electron chi connectivity index (χ4n) is 4.21. The van der Waals surface area contributed by atoms with Crippen molar-refractivity contribution in [3.8, 4) is 0 Å². The Morgan fingerprint density at radius 3 is 2.43 bits per heavy atom. The molecule has 0 radical (unpaired) electrons. The molecule has 122 valence electrons. The van der Waals surface area contributed by atoms with Crippen LogP contribution in [0.4, 0.5) is 0 Å². The maximum absolute atomic E-state index is 12.6. The number of carbonyl (C=O) groups excluding carboxylic acids is 1. The highest BCUT2D eigenvalue weighted by molar-refractivity contribution is 5.85. The molecule has 2 atom stereocenters. The van der Waals surface area contributed by atoms with E-state index in [1.807, 2.05) is 6.92 Å². The molecule has 2 saturated heterocycles. The van der Waals surface area contributed by atoms with Gasteiger partial charge in [-0.1, -0.05) is 19.3 Å². The molecule has 1 N–H and O–H groups in total. The van der Waals surface area contributed by atoms with Gasteiger partial charge < -0.3 is 15.0 Å². The predicted octanol–water partition coefficient (Wildman–Crippen LogP) is 2.36. The minimum atomic E-state index is -0.135. The van der Waals surface area contributed by atoms with Gasteiger partial charge in [0, 0.05) is 19.6 Å². The number of hydrogen-bond donors (Lipinski definition) is 1. The second kappa shape index (κ2) is 7.30. The zero-order chi connectivity index (χ0) is 14.0. The summed E-state index contributed by atoms with van der Waals surface area (Å²) in [4.78, 5) is 14.7. The monoisotopic (exact) mass is 316 g/mol. The number of ether oxygens (including phenoxy) is 1. The lowest BCUT2D eigenvalue weighted by Crippen LogP contribution is -2.58. The third kappa shape index (κ3) is 3.72. The Bertz CT molecular complexity index is 348. The molecule has 0 aromatic heterocycles. The summed E-state index contributed by atoms with van der Waals surface area (Å²) < 4.78 is 5.60. The van der Waals surface area contributed by atoms with Gasteiger partial charge in [0.2, 0.25) is 5.91 Å². The van der Waals surface area contributed by atoms with Crippen LogP contribution in [0.25, 0.3) is 0 Å². The van der Waals surface area contributed by atoms with Gasteiger partial charge in [-0.3, -0.25) is 4.79 Å². The first kappa shape index (κ1) is 17.0. The molecule has 21 heavy (non-hydrogen) atoms. The summed E-state index contributed by atoms with van der Waals surface area (Å²) in [6.45, 7) is 5.40. The van der Waals surface area contributed by atoms with Crippen LogP contribution in [0.5, 0.6) is 0 Å². The third-order valence-corrected chi connectivity index (χ3v) is 5.63. The number of halogens is 1. The smallest absolute Gasteiger partial charge is 0.242 e. The van der Waals surface area contributed by atoms with Gasteiger partial charge >= 0.3 is 0 Å². The van der Waals surface area contributed by atoms with E-state index < -0.39 is 0 Å². The van der Waals surface area contributed by atoms with Gasteiger partial charge in [0.15, 0.2) is 0 Å². The van der Waals surface area contributed by atoms with Crippen LogP contribution < -0.4 is 5.32 Å². The first-order valence-electron chi connectivity index (χ1n) is 8.34. The summed E-state index contributed by atoms with van der Waals surface area (Å²) in [6, 6.07) is -0.135. The molecule has 1 saturated carbocycles. The number of morpholine rings is 1. The molecule has 3 rings (SSSR count). The maximum Gasteiger partial charge on any atom is 0.242 e. The second-order valence-electron chi connectivity index (χ2n) is 6.89. The van der Waals surface area contributed by atoms with Crippen LogP contribution in [0.3, 0.4) is 0 Å². The SMILES string of the molecule is C[C@H]1OCCN[C@@H]1C(=O)N1CCC2(CCCCC2)CC1.Cl. The van der Waals surface area contributed by atoms with E-state index in [1.165, 1.54) is 44.9 Å². The van der Waals surface area contributed by atoms with Crippen LogP contribution in [0, 0.1) is 5.41 Å². The molecule has 1 aliphatic carbocycles. The van der Waals surface area contributed by atoms with Crippen molar-refractivity contribution in [3.05, 3.63) is 0 Å². The van der Waals surface area contributed by atoms with E-state index >= 15 is 0 Å². The van der Waals surface area contributed by atoms with Gasteiger partial charge in [0.05, 0.1) is 12.7 Å². The maximum atomic E-state index is 12.6. The fraction of sp³-hybridized carbons (Fsp3) is 0.938. The zero-order valence-corrected chi connectivity index (χ0v) is 13.9. The van der Waals surface area contributed by atoms with Crippen molar-refractivity contribution in [2.45, 2.75) is 64.0 Å². The van der Waals surface area contributed by atoms with Crippen molar-refractivity contribution < 1.29 is 9.53 Å². The fourth-order valence-corrected chi connectivity index (χ4v) is 4.21. The molecular weight excluding hydrogens is 288 g/mol. The first-order chi connectivity index (χ1) is 9.70. The molecule has 2 heterocycles. The zero-order valence-electron chi connectivity index (χ0n) is 13.1. The molecular formula is C16H29ClN2O2. The van der Waals surface area contributed by atoms with Crippen molar-refractivity contribution in [2.24, 2.45) is 5.41 Å². The second-order valence-corrected chi connectivity index (χ2v) is 6.89. The molecule has 3 aliphatic rings. The molecule has 4 nitrogen and oxygen atoms in total. The molecule has 2 aliphatic heterocycles. The van der Waals surface area contributed by atoms with E-state index in [9.17, 15) is 4.79 Å². The van der Waals surface area contributed by atoms with E-state index in [-0.39, 0.29) is 30.5 Å². The van der Waals surface area contributed by atoms with Gasteiger partial charge in [-0.05, 0) is 38.0 Å². The minimum absolute atomic E-state index is 0. The van der Waals surface area contributed by atoms with Crippen molar-refractivity contribution in [2.75, 3.05) is 26.2 Å². The average molecular weight is 317 g/mol. The van der Waals surface area contributed by atoms with Crippen molar-refractivity contribution in [3.63, 3.8) is 0 Å². The van der Waals surface area contributed by atoms with E-state index in [0.29, 0.717) is 12.0 Å². The van der Waals surface area contributed by atoms with Gasteiger partial charge in [0.25, 0.3) is 0 Å². The van der Waals surface area contributed by atoms with Crippen LogP contribution in [-0.2, 0) is 9.53 Å². The first-order valence-corrected chi connectivity index (χ1v) is 8.34. The van der Waals surface area contributed by atoms with Crippen molar-refractivity contribution >= 4 is 18.3 Å². The lowest BCUT2D eigenvalue weighted by Gasteiger charge is -2.45. The van der Waals surface area contributed by atoms with E-state index in [0.717, 1.165) is 19.6 Å². The molecule has 0 bridgehead atoms. The van der Waals surface area contributed by atoms with Crippen LogP contribution >= 0.6 is 12.4 Å².